The maximum absolute atomic E-state index is 11.8. The predicted molar refractivity (Wildman–Crippen MR) is 96.0 cm³/mol. The van der Waals surface area contributed by atoms with E-state index in [2.05, 4.69) is 5.32 Å². The van der Waals surface area contributed by atoms with Gasteiger partial charge in [-0.15, -0.1) is 0 Å². The lowest BCUT2D eigenvalue weighted by atomic mass is 10.1. The quantitative estimate of drug-likeness (QED) is 0.712. The van der Waals surface area contributed by atoms with Gasteiger partial charge in [0.1, 0.15) is 23.9 Å². The number of benzene rings is 2. The molecule has 0 radical (unpaired) electrons. The van der Waals surface area contributed by atoms with Crippen molar-refractivity contribution in [1.82, 2.24) is 5.32 Å². The van der Waals surface area contributed by atoms with Crippen molar-refractivity contribution in [1.29, 1.82) is 0 Å². The lowest BCUT2D eigenvalue weighted by molar-refractivity contribution is -0.123. The molecule has 2 aromatic carbocycles. The predicted octanol–water partition coefficient (Wildman–Crippen LogP) is 2.70. The molecule has 0 heterocycles. The first-order valence-electron chi connectivity index (χ1n) is 8.20. The summed E-state index contributed by atoms with van der Waals surface area (Å²) in [5.41, 5.74) is 2.06. The van der Waals surface area contributed by atoms with Gasteiger partial charge in [-0.25, -0.2) is 0 Å². The molecule has 0 unspecified atom stereocenters. The average molecular weight is 341 g/mol. The van der Waals surface area contributed by atoms with E-state index in [-0.39, 0.29) is 18.3 Å². The summed E-state index contributed by atoms with van der Waals surface area (Å²) in [5.74, 6) is 1.29. The third-order valence-corrected chi connectivity index (χ3v) is 3.43. The number of aryl methyl sites for hydroxylation is 1. The minimum atomic E-state index is -0.208. The Morgan fingerprint density at radius 2 is 1.76 bits per heavy atom. The summed E-state index contributed by atoms with van der Waals surface area (Å²) < 4.78 is 11.0. The summed E-state index contributed by atoms with van der Waals surface area (Å²) in [6.45, 7) is 4.30. The number of hydrogen-bond donors (Lipinski definition) is 1. The molecule has 1 N–H and O–H groups in total. The smallest absolute Gasteiger partial charge is 0.258 e. The van der Waals surface area contributed by atoms with Gasteiger partial charge in [-0.2, -0.15) is 0 Å². The molecule has 0 spiro atoms. The molecule has 1 amide bonds. The van der Waals surface area contributed by atoms with Gasteiger partial charge >= 0.3 is 0 Å². The van der Waals surface area contributed by atoms with Crippen LogP contribution in [0.5, 0.6) is 11.5 Å². The standard InChI is InChI=1S/C20H23NO4/c1-15-4-3-5-19(12-15)24-11-10-21-20(23)14-25-18-8-6-17(7-9-18)13-16(2)22/h3-9,12H,10-11,13-14H2,1-2H3,(H,21,23). The van der Waals surface area contributed by atoms with E-state index < -0.39 is 0 Å². The molecule has 0 atom stereocenters. The highest BCUT2D eigenvalue weighted by Gasteiger charge is 2.03. The number of ether oxygens (including phenoxy) is 2. The number of nitrogens with one attached hydrogen (secondary N) is 1. The van der Waals surface area contributed by atoms with Crippen molar-refractivity contribution in [3.63, 3.8) is 0 Å². The van der Waals surface area contributed by atoms with Crippen molar-refractivity contribution in [2.45, 2.75) is 20.3 Å². The number of hydrogen-bond acceptors (Lipinski definition) is 4. The Morgan fingerprint density at radius 3 is 2.44 bits per heavy atom. The van der Waals surface area contributed by atoms with Crippen LogP contribution in [-0.4, -0.2) is 31.4 Å². The van der Waals surface area contributed by atoms with Gasteiger partial charge in [0, 0.05) is 6.42 Å². The first-order valence-corrected chi connectivity index (χ1v) is 8.20. The van der Waals surface area contributed by atoms with Crippen molar-refractivity contribution in [2.75, 3.05) is 19.8 Å². The minimum Gasteiger partial charge on any atom is -0.492 e. The van der Waals surface area contributed by atoms with Gasteiger partial charge in [-0.3, -0.25) is 9.59 Å². The zero-order valence-corrected chi connectivity index (χ0v) is 14.6. The van der Waals surface area contributed by atoms with Crippen LogP contribution in [0.2, 0.25) is 0 Å². The Balaban J connectivity index is 1.64. The second-order valence-corrected chi connectivity index (χ2v) is 5.83. The number of Topliss-reactive ketones (excluding diaryl/α,β-unsaturated/α-hetero) is 1. The van der Waals surface area contributed by atoms with Gasteiger partial charge in [0.2, 0.25) is 0 Å². The maximum Gasteiger partial charge on any atom is 0.258 e. The van der Waals surface area contributed by atoms with E-state index in [1.54, 1.807) is 19.1 Å². The number of carbonyl (C=O) groups is 2. The second kappa shape index (κ2) is 9.47. The summed E-state index contributed by atoms with van der Waals surface area (Å²) in [6.07, 6.45) is 0.404. The van der Waals surface area contributed by atoms with Crippen molar-refractivity contribution in [3.05, 3.63) is 59.7 Å². The Bertz CT molecular complexity index is 710. The Morgan fingerprint density at radius 1 is 1.00 bits per heavy atom. The largest absolute Gasteiger partial charge is 0.492 e. The van der Waals surface area contributed by atoms with E-state index >= 15 is 0 Å². The lowest BCUT2D eigenvalue weighted by Gasteiger charge is -2.09. The highest BCUT2D eigenvalue weighted by molar-refractivity contribution is 5.78. The first kappa shape index (κ1) is 18.5. The minimum absolute atomic E-state index is 0.0590. The van der Waals surface area contributed by atoms with Gasteiger partial charge < -0.3 is 14.8 Å². The molecule has 0 aromatic heterocycles. The summed E-state index contributed by atoms with van der Waals surface area (Å²) in [4.78, 5) is 22.8. The fourth-order valence-electron chi connectivity index (χ4n) is 2.26. The molecule has 0 fully saturated rings. The molecule has 132 valence electrons. The highest BCUT2D eigenvalue weighted by atomic mass is 16.5. The molecule has 2 aromatic rings. The van der Waals surface area contributed by atoms with E-state index in [0.29, 0.717) is 25.3 Å². The zero-order valence-electron chi connectivity index (χ0n) is 14.6. The molecule has 2 rings (SSSR count). The van der Waals surface area contributed by atoms with Crippen molar-refractivity contribution < 1.29 is 19.1 Å². The van der Waals surface area contributed by atoms with Crippen LogP contribution in [0.15, 0.2) is 48.5 Å². The normalized spacial score (nSPS) is 10.2. The van der Waals surface area contributed by atoms with Gasteiger partial charge in [0.15, 0.2) is 6.61 Å². The molecule has 0 aliphatic heterocycles. The molecule has 5 heteroatoms. The third kappa shape index (κ3) is 7.08. The number of rotatable bonds is 9. The fraction of sp³-hybridized carbons (Fsp3) is 0.300. The van der Waals surface area contributed by atoms with Gasteiger partial charge in [-0.1, -0.05) is 24.3 Å². The number of carbonyl (C=O) groups excluding carboxylic acids is 2. The molecule has 25 heavy (non-hydrogen) atoms. The third-order valence-electron chi connectivity index (χ3n) is 3.43. The molecule has 0 aliphatic carbocycles. The van der Waals surface area contributed by atoms with Crippen LogP contribution in [-0.2, 0) is 16.0 Å². The fourth-order valence-corrected chi connectivity index (χ4v) is 2.26. The SMILES string of the molecule is CC(=O)Cc1ccc(OCC(=O)NCCOc2cccc(C)c2)cc1. The molecule has 0 bridgehead atoms. The van der Waals surface area contributed by atoms with Crippen LogP contribution in [0, 0.1) is 6.92 Å². The molecule has 5 nitrogen and oxygen atoms in total. The summed E-state index contributed by atoms with van der Waals surface area (Å²) in [5, 5.41) is 2.74. The summed E-state index contributed by atoms with van der Waals surface area (Å²) >= 11 is 0. The second-order valence-electron chi connectivity index (χ2n) is 5.83. The van der Waals surface area contributed by atoms with Crippen molar-refractivity contribution in [2.24, 2.45) is 0 Å². The van der Waals surface area contributed by atoms with Gasteiger partial charge in [0.25, 0.3) is 5.91 Å². The Hall–Kier alpha value is -2.82. The molecule has 0 aliphatic rings. The molecule has 0 saturated heterocycles. The topological polar surface area (TPSA) is 64.6 Å². The van der Waals surface area contributed by atoms with E-state index in [1.807, 2.05) is 43.3 Å². The Kier molecular flexibility index (Phi) is 7.01. The molecular formula is C20H23NO4. The number of ketones is 1. The van der Waals surface area contributed by atoms with Crippen molar-refractivity contribution >= 4 is 11.7 Å². The molecular weight excluding hydrogens is 318 g/mol. The van der Waals surface area contributed by atoms with Crippen LogP contribution < -0.4 is 14.8 Å². The summed E-state index contributed by atoms with van der Waals surface area (Å²) in [7, 11) is 0. The van der Waals surface area contributed by atoms with Crippen LogP contribution in [0.1, 0.15) is 18.1 Å². The first-order chi connectivity index (χ1) is 12.0. The van der Waals surface area contributed by atoms with E-state index in [4.69, 9.17) is 9.47 Å². The molecule has 0 saturated carbocycles. The monoisotopic (exact) mass is 341 g/mol. The maximum atomic E-state index is 11.8. The van der Waals surface area contributed by atoms with E-state index in [9.17, 15) is 9.59 Å². The van der Waals surface area contributed by atoms with Crippen LogP contribution in [0.4, 0.5) is 0 Å². The van der Waals surface area contributed by atoms with E-state index in [0.717, 1.165) is 16.9 Å². The Labute approximate surface area is 148 Å². The highest BCUT2D eigenvalue weighted by Crippen LogP contribution is 2.13. The van der Waals surface area contributed by atoms with Crippen LogP contribution in [0.3, 0.4) is 0 Å². The average Bonchev–Trinajstić information content (AvgIpc) is 2.58. The zero-order chi connectivity index (χ0) is 18.1. The van der Waals surface area contributed by atoms with E-state index in [1.165, 1.54) is 0 Å². The number of amides is 1. The van der Waals surface area contributed by atoms with Gasteiger partial charge in [-0.05, 0) is 49.2 Å². The van der Waals surface area contributed by atoms with Crippen molar-refractivity contribution in [3.8, 4) is 11.5 Å². The van der Waals surface area contributed by atoms with Gasteiger partial charge in [0.05, 0.1) is 6.54 Å². The van der Waals surface area contributed by atoms with Crippen LogP contribution in [0.25, 0.3) is 0 Å². The summed E-state index contributed by atoms with van der Waals surface area (Å²) in [6, 6.07) is 14.9. The lowest BCUT2D eigenvalue weighted by Crippen LogP contribution is -2.32. The van der Waals surface area contributed by atoms with Crippen LogP contribution >= 0.6 is 0 Å².